The van der Waals surface area contributed by atoms with Gasteiger partial charge in [0.25, 0.3) is 5.91 Å². The molecule has 9 nitrogen and oxygen atoms in total. The molecule has 170 valence electrons. The number of nitrogens with one attached hydrogen (secondary N) is 1. The zero-order valence-corrected chi connectivity index (χ0v) is 19.1. The lowest BCUT2D eigenvalue weighted by molar-refractivity contribution is -0.124. The number of hydrogen-bond donors (Lipinski definition) is 1. The maximum Gasteiger partial charge on any atom is 0.325 e. The Morgan fingerprint density at radius 2 is 1.82 bits per heavy atom. The van der Waals surface area contributed by atoms with Gasteiger partial charge in [0.15, 0.2) is 11.9 Å². The quantitative estimate of drug-likeness (QED) is 0.648. The summed E-state index contributed by atoms with van der Waals surface area (Å²) < 4.78 is 7.44. The fourth-order valence-corrected chi connectivity index (χ4v) is 4.59. The fourth-order valence-electron chi connectivity index (χ4n) is 4.59. The lowest BCUT2D eigenvalue weighted by Gasteiger charge is -2.37. The molecule has 2 aliphatic heterocycles. The molecule has 2 unspecified atom stereocenters. The first-order valence-corrected chi connectivity index (χ1v) is 11.0. The SMILES string of the molecule is CCOc1ccc(-c2nnc3n2C2C(C(=O)NC(=O)N2C)N3Cc2cc(C)ccc2C)cc1. The summed E-state index contributed by atoms with van der Waals surface area (Å²) in [7, 11) is 1.69. The number of aryl methyl sites for hydroxylation is 2. The predicted octanol–water partition coefficient (Wildman–Crippen LogP) is 3.03. The third kappa shape index (κ3) is 3.40. The maximum atomic E-state index is 13.0. The van der Waals surface area contributed by atoms with Crippen LogP contribution in [0.5, 0.6) is 5.75 Å². The van der Waals surface area contributed by atoms with Crippen molar-refractivity contribution in [3.8, 4) is 17.1 Å². The molecule has 0 saturated carbocycles. The molecular formula is C24H26N6O3. The number of amides is 3. The van der Waals surface area contributed by atoms with Gasteiger partial charge in [0, 0.05) is 19.2 Å². The minimum Gasteiger partial charge on any atom is -0.494 e. The van der Waals surface area contributed by atoms with Crippen LogP contribution in [0.4, 0.5) is 10.7 Å². The molecule has 0 aliphatic carbocycles. The molecule has 3 heterocycles. The Labute approximate surface area is 192 Å². The second-order valence-electron chi connectivity index (χ2n) is 8.47. The molecule has 5 rings (SSSR count). The molecule has 2 atom stereocenters. The molecule has 0 bridgehead atoms. The molecule has 33 heavy (non-hydrogen) atoms. The predicted molar refractivity (Wildman–Crippen MR) is 123 cm³/mol. The first kappa shape index (κ1) is 21.0. The van der Waals surface area contributed by atoms with Crippen molar-refractivity contribution >= 4 is 17.9 Å². The standard InChI is InChI=1S/C24H26N6O3/c1-5-33-18-10-8-16(9-11-18)20-26-27-23-29(13-17-12-14(2)6-7-15(17)3)19-21(31)25-24(32)28(4)22(19)30(20)23/h6-12,19,22H,5,13H2,1-4H3,(H,25,31,32). The number of aromatic nitrogens is 3. The lowest BCUT2D eigenvalue weighted by atomic mass is 10.0. The Morgan fingerprint density at radius 1 is 1.06 bits per heavy atom. The van der Waals surface area contributed by atoms with Gasteiger partial charge in [0.05, 0.1) is 6.61 Å². The Hall–Kier alpha value is -3.88. The average molecular weight is 447 g/mol. The zero-order chi connectivity index (χ0) is 23.3. The number of carbonyl (C=O) groups is 2. The number of nitrogens with zero attached hydrogens (tertiary/aromatic N) is 5. The van der Waals surface area contributed by atoms with Gasteiger partial charge in [-0.15, -0.1) is 10.2 Å². The number of urea groups is 1. The minimum atomic E-state index is -0.612. The summed E-state index contributed by atoms with van der Waals surface area (Å²) in [6, 6.07) is 12.8. The molecule has 2 aliphatic rings. The van der Waals surface area contributed by atoms with Crippen LogP contribution in [0.2, 0.25) is 0 Å². The van der Waals surface area contributed by atoms with Gasteiger partial charge in [0.2, 0.25) is 5.95 Å². The van der Waals surface area contributed by atoms with Gasteiger partial charge < -0.3 is 14.5 Å². The molecule has 3 aromatic rings. The second kappa shape index (κ2) is 7.91. The van der Waals surface area contributed by atoms with E-state index in [1.54, 1.807) is 11.9 Å². The van der Waals surface area contributed by atoms with Crippen LogP contribution in [0.15, 0.2) is 42.5 Å². The highest BCUT2D eigenvalue weighted by atomic mass is 16.5. The van der Waals surface area contributed by atoms with Gasteiger partial charge in [-0.25, -0.2) is 4.79 Å². The van der Waals surface area contributed by atoms with Crippen molar-refractivity contribution in [2.75, 3.05) is 18.6 Å². The molecule has 0 spiro atoms. The monoisotopic (exact) mass is 446 g/mol. The van der Waals surface area contributed by atoms with Crippen LogP contribution >= 0.6 is 0 Å². The van der Waals surface area contributed by atoms with E-state index in [2.05, 4.69) is 40.6 Å². The molecule has 1 fully saturated rings. The number of rotatable bonds is 5. The lowest BCUT2D eigenvalue weighted by Crippen LogP contribution is -2.61. The Morgan fingerprint density at radius 3 is 2.55 bits per heavy atom. The molecule has 2 aromatic carbocycles. The van der Waals surface area contributed by atoms with Crippen LogP contribution in [-0.2, 0) is 11.3 Å². The van der Waals surface area contributed by atoms with Gasteiger partial charge in [-0.2, -0.15) is 0 Å². The van der Waals surface area contributed by atoms with Crippen molar-refractivity contribution in [1.29, 1.82) is 0 Å². The van der Waals surface area contributed by atoms with Crippen molar-refractivity contribution in [2.45, 2.75) is 39.5 Å². The number of likely N-dealkylation sites (N-methyl/N-ethyl adjacent to an activating group) is 1. The van der Waals surface area contributed by atoms with Gasteiger partial charge in [-0.3, -0.25) is 14.7 Å². The zero-order valence-electron chi connectivity index (χ0n) is 19.1. The summed E-state index contributed by atoms with van der Waals surface area (Å²) >= 11 is 0. The average Bonchev–Trinajstić information content (AvgIpc) is 3.35. The molecule has 1 aromatic heterocycles. The van der Waals surface area contributed by atoms with Crippen LogP contribution in [0.3, 0.4) is 0 Å². The minimum absolute atomic E-state index is 0.337. The van der Waals surface area contributed by atoms with E-state index >= 15 is 0 Å². The number of imide groups is 1. The number of ether oxygens (including phenoxy) is 1. The Bertz CT molecular complexity index is 1240. The van der Waals surface area contributed by atoms with Crippen LogP contribution in [0.1, 0.15) is 29.8 Å². The van der Waals surface area contributed by atoms with Crippen molar-refractivity contribution in [3.05, 3.63) is 59.2 Å². The van der Waals surface area contributed by atoms with Crippen LogP contribution < -0.4 is 15.0 Å². The summed E-state index contributed by atoms with van der Waals surface area (Å²) in [5.74, 6) is 1.59. The first-order chi connectivity index (χ1) is 15.9. The van der Waals surface area contributed by atoms with E-state index < -0.39 is 18.2 Å². The number of carbonyl (C=O) groups excluding carboxylic acids is 2. The van der Waals surface area contributed by atoms with E-state index in [9.17, 15) is 9.59 Å². The highest BCUT2D eigenvalue weighted by molar-refractivity contribution is 6.02. The van der Waals surface area contributed by atoms with Crippen LogP contribution in [0, 0.1) is 13.8 Å². The summed E-state index contributed by atoms with van der Waals surface area (Å²) in [6.45, 7) is 7.09. The van der Waals surface area contributed by atoms with Gasteiger partial charge >= 0.3 is 6.03 Å². The van der Waals surface area contributed by atoms with Crippen molar-refractivity contribution in [1.82, 2.24) is 25.0 Å². The second-order valence-corrected chi connectivity index (χ2v) is 8.47. The molecule has 9 heteroatoms. The van der Waals surface area contributed by atoms with E-state index in [0.717, 1.165) is 28.0 Å². The largest absolute Gasteiger partial charge is 0.494 e. The van der Waals surface area contributed by atoms with Gasteiger partial charge in [-0.1, -0.05) is 23.8 Å². The third-order valence-corrected chi connectivity index (χ3v) is 6.30. The number of benzene rings is 2. The number of hydrogen-bond acceptors (Lipinski definition) is 6. The highest BCUT2D eigenvalue weighted by Gasteiger charge is 2.52. The van der Waals surface area contributed by atoms with Gasteiger partial charge in [0.1, 0.15) is 11.9 Å². The maximum absolute atomic E-state index is 13.0. The Balaban J connectivity index is 1.61. The fraction of sp³-hybridized carbons (Fsp3) is 0.333. The molecule has 0 radical (unpaired) electrons. The van der Waals surface area contributed by atoms with E-state index in [4.69, 9.17) is 4.74 Å². The van der Waals surface area contributed by atoms with E-state index in [-0.39, 0.29) is 5.91 Å². The summed E-state index contributed by atoms with van der Waals surface area (Å²) in [6.07, 6.45) is -0.553. The van der Waals surface area contributed by atoms with E-state index in [1.165, 1.54) is 0 Å². The first-order valence-electron chi connectivity index (χ1n) is 11.0. The van der Waals surface area contributed by atoms with E-state index in [1.807, 2.05) is 47.6 Å². The highest BCUT2D eigenvalue weighted by Crippen LogP contribution is 2.41. The van der Waals surface area contributed by atoms with Crippen molar-refractivity contribution in [3.63, 3.8) is 0 Å². The molecule has 3 amide bonds. The van der Waals surface area contributed by atoms with Crippen molar-refractivity contribution < 1.29 is 14.3 Å². The van der Waals surface area contributed by atoms with Gasteiger partial charge in [-0.05, 0) is 56.2 Å². The molecular weight excluding hydrogens is 420 g/mol. The number of anilines is 1. The normalized spacial score (nSPS) is 19.4. The molecule has 1 saturated heterocycles. The van der Waals surface area contributed by atoms with E-state index in [0.29, 0.717) is 24.9 Å². The third-order valence-electron chi connectivity index (χ3n) is 6.30. The summed E-state index contributed by atoms with van der Waals surface area (Å²) in [5.41, 5.74) is 4.20. The van der Waals surface area contributed by atoms with Crippen LogP contribution in [-0.4, -0.2) is 51.3 Å². The smallest absolute Gasteiger partial charge is 0.325 e. The summed E-state index contributed by atoms with van der Waals surface area (Å²) in [4.78, 5) is 29.0. The summed E-state index contributed by atoms with van der Waals surface area (Å²) in [5, 5.41) is 11.4. The Kier molecular flexibility index (Phi) is 5.03. The van der Waals surface area contributed by atoms with Crippen molar-refractivity contribution in [2.24, 2.45) is 0 Å². The number of fused-ring (bicyclic) bond motifs is 3. The van der Waals surface area contributed by atoms with Crippen LogP contribution in [0.25, 0.3) is 11.4 Å². The molecule has 1 N–H and O–H groups in total. The topological polar surface area (TPSA) is 92.6 Å².